The van der Waals surface area contributed by atoms with E-state index in [4.69, 9.17) is 9.47 Å². The molecular formula is C24H33NO4. The summed E-state index contributed by atoms with van der Waals surface area (Å²) in [6.45, 7) is 9.17. The van der Waals surface area contributed by atoms with Crippen molar-refractivity contribution in [2.24, 2.45) is 7.05 Å². The molecule has 0 atom stereocenters. The lowest BCUT2D eigenvalue weighted by molar-refractivity contribution is 0.275. The fourth-order valence-corrected chi connectivity index (χ4v) is 3.02. The van der Waals surface area contributed by atoms with E-state index in [9.17, 15) is 9.90 Å². The second-order valence-corrected chi connectivity index (χ2v) is 7.61. The molecule has 0 radical (unpaired) electrons. The monoisotopic (exact) mass is 399 g/mol. The molecule has 5 nitrogen and oxygen atoms in total. The van der Waals surface area contributed by atoms with Gasteiger partial charge in [-0.2, -0.15) is 0 Å². The minimum absolute atomic E-state index is 0.105. The van der Waals surface area contributed by atoms with Crippen molar-refractivity contribution in [2.75, 3.05) is 13.2 Å². The topological polar surface area (TPSA) is 60.7 Å². The van der Waals surface area contributed by atoms with Gasteiger partial charge in [-0.1, -0.05) is 30.6 Å². The molecular weight excluding hydrogens is 366 g/mol. The number of aromatic nitrogens is 1. The summed E-state index contributed by atoms with van der Waals surface area (Å²) in [6.07, 6.45) is 8.08. The summed E-state index contributed by atoms with van der Waals surface area (Å²) in [5.41, 5.74) is 2.90. The molecule has 0 aliphatic heterocycles. The highest BCUT2D eigenvalue weighted by molar-refractivity contribution is 5.88. The molecule has 0 aliphatic rings. The Morgan fingerprint density at radius 1 is 1.14 bits per heavy atom. The third kappa shape index (κ3) is 6.14. The molecule has 5 heteroatoms. The Morgan fingerprint density at radius 3 is 2.59 bits per heavy atom. The van der Waals surface area contributed by atoms with Gasteiger partial charge in [-0.25, -0.2) is 0 Å². The molecule has 1 aromatic carbocycles. The van der Waals surface area contributed by atoms with E-state index in [1.807, 2.05) is 6.08 Å². The summed E-state index contributed by atoms with van der Waals surface area (Å²) in [6, 6.07) is 4.92. The highest BCUT2D eigenvalue weighted by atomic mass is 16.5. The largest absolute Gasteiger partial charge is 0.508 e. The van der Waals surface area contributed by atoms with Crippen molar-refractivity contribution < 1.29 is 14.6 Å². The van der Waals surface area contributed by atoms with E-state index in [1.165, 1.54) is 15.7 Å². The van der Waals surface area contributed by atoms with Crippen molar-refractivity contribution >= 4 is 10.9 Å². The number of benzene rings is 1. The minimum atomic E-state index is -0.265. The zero-order chi connectivity index (χ0) is 21.4. The quantitative estimate of drug-likeness (QED) is 0.424. The number of phenols is 1. The maximum Gasteiger partial charge on any atom is 0.297 e. The van der Waals surface area contributed by atoms with E-state index in [0.29, 0.717) is 24.5 Å². The van der Waals surface area contributed by atoms with Crippen LogP contribution in [0.4, 0.5) is 0 Å². The number of ether oxygens (including phenoxy) is 2. The number of hydrogen-bond acceptors (Lipinski definition) is 4. The fourth-order valence-electron chi connectivity index (χ4n) is 3.02. The summed E-state index contributed by atoms with van der Waals surface area (Å²) in [4.78, 5) is 12.9. The van der Waals surface area contributed by atoms with Gasteiger partial charge in [0.1, 0.15) is 12.4 Å². The second kappa shape index (κ2) is 10.7. The molecule has 2 rings (SSSR count). The van der Waals surface area contributed by atoms with E-state index in [1.54, 1.807) is 25.2 Å². The lowest BCUT2D eigenvalue weighted by Gasteiger charge is -2.16. The van der Waals surface area contributed by atoms with Crippen LogP contribution in [0.15, 0.2) is 46.3 Å². The highest BCUT2D eigenvalue weighted by Crippen LogP contribution is 2.34. The van der Waals surface area contributed by atoms with E-state index >= 15 is 0 Å². The van der Waals surface area contributed by atoms with Gasteiger partial charge < -0.3 is 19.1 Å². The SMILES string of the molecule is CCCCOc1c(OC/C=C(\C)CCC=C(C)C)c2ccc(O)cc2n(C)c1=O. The molecule has 1 aromatic heterocycles. The summed E-state index contributed by atoms with van der Waals surface area (Å²) >= 11 is 0. The Morgan fingerprint density at radius 2 is 1.90 bits per heavy atom. The number of phenolic OH excluding ortho intramolecular Hbond substituents is 1. The lowest BCUT2D eigenvalue weighted by atomic mass is 10.1. The molecule has 0 fully saturated rings. The van der Waals surface area contributed by atoms with Crippen molar-refractivity contribution in [3.8, 4) is 17.2 Å². The van der Waals surface area contributed by atoms with Gasteiger partial charge in [-0.15, -0.1) is 0 Å². The maximum atomic E-state index is 12.9. The molecule has 158 valence electrons. The number of hydrogen-bond donors (Lipinski definition) is 1. The first-order valence-electron chi connectivity index (χ1n) is 10.3. The van der Waals surface area contributed by atoms with Gasteiger partial charge >= 0.3 is 0 Å². The van der Waals surface area contributed by atoms with Crippen LogP contribution in [0.2, 0.25) is 0 Å². The van der Waals surface area contributed by atoms with Crippen molar-refractivity contribution in [1.82, 2.24) is 4.57 Å². The van der Waals surface area contributed by atoms with Crippen molar-refractivity contribution in [2.45, 2.75) is 53.4 Å². The second-order valence-electron chi connectivity index (χ2n) is 7.61. The third-order valence-corrected chi connectivity index (χ3v) is 4.79. The first kappa shape index (κ1) is 22.6. The van der Waals surface area contributed by atoms with Gasteiger partial charge in [0, 0.05) is 18.5 Å². The zero-order valence-corrected chi connectivity index (χ0v) is 18.2. The van der Waals surface area contributed by atoms with Crippen LogP contribution >= 0.6 is 0 Å². The van der Waals surface area contributed by atoms with Crippen molar-refractivity contribution in [1.29, 1.82) is 0 Å². The molecule has 29 heavy (non-hydrogen) atoms. The molecule has 1 heterocycles. The van der Waals surface area contributed by atoms with Crippen molar-refractivity contribution in [3.63, 3.8) is 0 Å². The number of unbranched alkanes of at least 4 members (excludes halogenated alkanes) is 1. The van der Waals surface area contributed by atoms with Crippen LogP contribution < -0.4 is 15.0 Å². The van der Waals surface area contributed by atoms with E-state index in [-0.39, 0.29) is 17.1 Å². The van der Waals surface area contributed by atoms with Gasteiger partial charge in [0.05, 0.1) is 12.1 Å². The predicted molar refractivity (Wildman–Crippen MR) is 119 cm³/mol. The first-order chi connectivity index (χ1) is 13.8. The first-order valence-corrected chi connectivity index (χ1v) is 10.3. The molecule has 0 amide bonds. The van der Waals surface area contributed by atoms with E-state index in [0.717, 1.165) is 31.1 Å². The molecule has 0 bridgehead atoms. The summed E-state index contributed by atoms with van der Waals surface area (Å²) < 4.78 is 13.4. The van der Waals surface area contributed by atoms with Crippen LogP contribution in [-0.2, 0) is 7.05 Å². The molecule has 1 N–H and O–H groups in total. The Hall–Kier alpha value is -2.69. The number of nitrogens with zero attached hydrogens (tertiary/aromatic N) is 1. The number of pyridine rings is 1. The smallest absolute Gasteiger partial charge is 0.297 e. The average molecular weight is 400 g/mol. The van der Waals surface area contributed by atoms with E-state index < -0.39 is 0 Å². The molecule has 0 aliphatic carbocycles. The summed E-state index contributed by atoms with van der Waals surface area (Å²) in [5, 5.41) is 10.6. The van der Waals surface area contributed by atoms with Crippen LogP contribution in [0, 0.1) is 0 Å². The number of aryl methyl sites for hydroxylation is 1. The standard InChI is InChI=1S/C24H33NO4/c1-6-7-14-28-23-22(29-15-13-18(4)10-8-9-17(2)3)20-12-11-19(26)16-21(20)25(5)24(23)27/h9,11-13,16,26H,6-8,10,14-15H2,1-5H3/b18-13+. The van der Waals surface area contributed by atoms with Crippen LogP contribution in [0.1, 0.15) is 53.4 Å². The Balaban J connectivity index is 2.33. The molecule has 0 saturated heterocycles. The molecule has 0 saturated carbocycles. The fraction of sp³-hybridized carbons (Fsp3) is 0.458. The number of aromatic hydroxyl groups is 1. The Bertz CT molecular complexity index is 949. The maximum absolute atomic E-state index is 12.9. The Labute approximate surface area is 173 Å². The lowest BCUT2D eigenvalue weighted by Crippen LogP contribution is -2.21. The molecule has 0 spiro atoms. The number of rotatable bonds is 10. The van der Waals surface area contributed by atoms with Crippen LogP contribution in [0.25, 0.3) is 10.9 Å². The molecule has 0 unspecified atom stereocenters. The zero-order valence-electron chi connectivity index (χ0n) is 18.2. The van der Waals surface area contributed by atoms with E-state index in [2.05, 4.69) is 33.8 Å². The van der Waals surface area contributed by atoms with Gasteiger partial charge in [0.2, 0.25) is 5.75 Å². The van der Waals surface area contributed by atoms with Crippen LogP contribution in [0.3, 0.4) is 0 Å². The molecule has 2 aromatic rings. The normalized spacial score (nSPS) is 11.6. The number of allylic oxidation sites excluding steroid dienone is 3. The summed E-state index contributed by atoms with van der Waals surface area (Å²) in [7, 11) is 1.67. The Kier molecular flexibility index (Phi) is 8.37. The van der Waals surface area contributed by atoms with Gasteiger partial charge in [-0.3, -0.25) is 4.79 Å². The summed E-state index contributed by atoms with van der Waals surface area (Å²) in [5.74, 6) is 0.774. The predicted octanol–water partition coefficient (Wildman–Crippen LogP) is 5.49. The third-order valence-electron chi connectivity index (χ3n) is 4.79. The average Bonchev–Trinajstić information content (AvgIpc) is 2.67. The van der Waals surface area contributed by atoms with Gasteiger partial charge in [-0.05, 0) is 58.2 Å². The van der Waals surface area contributed by atoms with Gasteiger partial charge in [0.25, 0.3) is 5.56 Å². The van der Waals surface area contributed by atoms with Crippen LogP contribution in [-0.4, -0.2) is 22.9 Å². The van der Waals surface area contributed by atoms with Crippen molar-refractivity contribution in [3.05, 3.63) is 51.9 Å². The van der Waals surface area contributed by atoms with Crippen LogP contribution in [0.5, 0.6) is 17.2 Å². The van der Waals surface area contributed by atoms with Gasteiger partial charge in [0.15, 0.2) is 5.75 Å². The number of fused-ring (bicyclic) bond motifs is 1. The minimum Gasteiger partial charge on any atom is -0.508 e. The highest BCUT2D eigenvalue weighted by Gasteiger charge is 2.18.